The number of amides is 1. The van der Waals surface area contributed by atoms with Crippen molar-refractivity contribution in [2.75, 3.05) is 23.6 Å². The van der Waals surface area contributed by atoms with Crippen LogP contribution < -0.4 is 15.0 Å². The Morgan fingerprint density at radius 2 is 1.81 bits per heavy atom. The maximum atomic E-state index is 14.1. The number of thiophene rings is 1. The van der Waals surface area contributed by atoms with E-state index < -0.39 is 34.2 Å². The van der Waals surface area contributed by atoms with Crippen molar-refractivity contribution < 1.29 is 31.1 Å². The zero-order chi connectivity index (χ0) is 31.3. The Bertz CT molecular complexity index is 1900. The first kappa shape index (κ1) is 30.6. The Balaban J connectivity index is 1.69. The average molecular weight is 634 g/mol. The zero-order valence-electron chi connectivity index (χ0n) is 24.0. The molecule has 1 aliphatic rings. The normalized spacial score (nSPS) is 15.1. The predicted molar refractivity (Wildman–Crippen MR) is 162 cm³/mol. The summed E-state index contributed by atoms with van der Waals surface area (Å²) in [6, 6.07) is 8.82. The van der Waals surface area contributed by atoms with Gasteiger partial charge in [-0.3, -0.25) is 14.3 Å². The molecule has 0 bridgehead atoms. The monoisotopic (exact) mass is 633 g/mol. The van der Waals surface area contributed by atoms with E-state index in [2.05, 4.69) is 4.72 Å². The molecule has 0 unspecified atom stereocenters. The van der Waals surface area contributed by atoms with Gasteiger partial charge in [-0.1, -0.05) is 0 Å². The molecule has 1 amide bonds. The molecule has 1 fully saturated rings. The summed E-state index contributed by atoms with van der Waals surface area (Å²) in [6.07, 6.45) is 1.42. The first-order valence-electron chi connectivity index (χ1n) is 13.6. The number of likely N-dealkylation sites (tertiary alicyclic amines) is 1. The summed E-state index contributed by atoms with van der Waals surface area (Å²) in [5.41, 5.74) is 1.75. The molecule has 0 saturated carbocycles. The number of piperidine rings is 1. The van der Waals surface area contributed by atoms with Crippen LogP contribution in [-0.4, -0.2) is 48.6 Å². The highest BCUT2D eigenvalue weighted by Crippen LogP contribution is 2.42. The number of fused-ring (bicyclic) bond motifs is 1. The Morgan fingerprint density at radius 1 is 1.12 bits per heavy atom. The number of aryl methyl sites for hydroxylation is 3. The Kier molecular flexibility index (Phi) is 8.07. The van der Waals surface area contributed by atoms with Crippen LogP contribution >= 0.6 is 11.3 Å². The number of ether oxygens (including phenoxy) is 1. The average Bonchev–Trinajstić information content (AvgIpc) is 3.38. The molecule has 2 aromatic heterocycles. The highest BCUT2D eigenvalue weighted by atomic mass is 32.2. The number of nitrogens with zero attached hydrogens (tertiary/aromatic N) is 2. The highest BCUT2D eigenvalue weighted by Gasteiger charge is 2.38. The van der Waals surface area contributed by atoms with E-state index in [4.69, 9.17) is 4.74 Å². The van der Waals surface area contributed by atoms with E-state index in [1.165, 1.54) is 42.8 Å². The van der Waals surface area contributed by atoms with Gasteiger partial charge >= 0.3 is 0 Å². The van der Waals surface area contributed by atoms with Crippen LogP contribution in [0.4, 0.5) is 18.9 Å². The maximum Gasteiger partial charge on any atom is 0.268 e. The van der Waals surface area contributed by atoms with Crippen molar-refractivity contribution in [3.8, 4) is 22.6 Å². The molecule has 43 heavy (non-hydrogen) atoms. The molecule has 3 heterocycles. The summed E-state index contributed by atoms with van der Waals surface area (Å²) in [5, 5.41) is 0.383. The van der Waals surface area contributed by atoms with Gasteiger partial charge in [0.15, 0.2) is 0 Å². The lowest BCUT2D eigenvalue weighted by Crippen LogP contribution is -2.45. The van der Waals surface area contributed by atoms with Crippen molar-refractivity contribution in [1.29, 1.82) is 0 Å². The van der Waals surface area contributed by atoms with Crippen LogP contribution in [0.15, 0.2) is 47.4 Å². The van der Waals surface area contributed by atoms with E-state index in [1.54, 1.807) is 32.2 Å². The molecule has 1 N–H and O–H groups in total. The van der Waals surface area contributed by atoms with Crippen molar-refractivity contribution in [1.82, 2.24) is 9.47 Å². The molecule has 4 aromatic rings. The molecule has 0 aliphatic carbocycles. The first-order valence-corrected chi connectivity index (χ1v) is 16.0. The van der Waals surface area contributed by atoms with Gasteiger partial charge in [0.1, 0.15) is 22.0 Å². The fourth-order valence-electron chi connectivity index (χ4n) is 5.16. The van der Waals surface area contributed by atoms with Crippen LogP contribution in [0.2, 0.25) is 0 Å². The third kappa shape index (κ3) is 6.28. The Morgan fingerprint density at radius 3 is 2.47 bits per heavy atom. The second-order valence-corrected chi connectivity index (χ2v) is 13.7. The summed E-state index contributed by atoms with van der Waals surface area (Å²) in [7, 11) is -2.11. The number of hydrogen-bond acceptors (Lipinski definition) is 6. The van der Waals surface area contributed by atoms with Crippen LogP contribution in [0.1, 0.15) is 40.6 Å². The fourth-order valence-corrected chi connectivity index (χ4v) is 6.91. The van der Waals surface area contributed by atoms with Crippen LogP contribution in [0, 0.1) is 19.7 Å². The first-order chi connectivity index (χ1) is 20.2. The van der Waals surface area contributed by atoms with Crippen molar-refractivity contribution in [3.05, 3.63) is 74.8 Å². The van der Waals surface area contributed by atoms with Crippen LogP contribution in [0.25, 0.3) is 21.2 Å². The second-order valence-electron chi connectivity index (χ2n) is 10.7. The van der Waals surface area contributed by atoms with Gasteiger partial charge in [-0.25, -0.2) is 21.6 Å². The topological polar surface area (TPSA) is 97.7 Å². The number of pyridine rings is 1. The number of benzene rings is 2. The summed E-state index contributed by atoms with van der Waals surface area (Å²) in [6.45, 7) is 4.38. The van der Waals surface area contributed by atoms with E-state index in [0.29, 0.717) is 33.4 Å². The predicted octanol–water partition coefficient (Wildman–Crippen LogP) is 6.45. The fraction of sp³-hybridized carbons (Fsp3) is 0.333. The molecule has 228 valence electrons. The molecule has 1 saturated heterocycles. The summed E-state index contributed by atoms with van der Waals surface area (Å²) in [5.74, 6) is -3.48. The lowest BCUT2D eigenvalue weighted by atomic mass is 10.0. The van der Waals surface area contributed by atoms with Gasteiger partial charge in [-0.05, 0) is 74.7 Å². The number of aromatic nitrogens is 1. The number of hydrogen-bond donors (Lipinski definition) is 1. The molecule has 8 nitrogen and oxygen atoms in total. The summed E-state index contributed by atoms with van der Waals surface area (Å²) < 4.78 is 77.3. The van der Waals surface area contributed by atoms with Crippen molar-refractivity contribution >= 4 is 43.0 Å². The largest absolute Gasteiger partial charge is 0.456 e. The SMILES string of the molecule is CCS(=O)(=O)Nc1ccc(Oc2c(C)cc(F)cc2C)c(-c2cn(C)c(=O)c3sc(C(=O)N4CCCC(F)(F)C4)cc23)c1. The number of alkyl halides is 2. The molecule has 0 atom stereocenters. The van der Waals surface area contributed by atoms with Gasteiger partial charge in [-0.15, -0.1) is 11.3 Å². The minimum atomic E-state index is -3.65. The number of carbonyl (C=O) groups is 1. The molecule has 2 aromatic carbocycles. The van der Waals surface area contributed by atoms with Gasteiger partial charge in [0, 0.05) is 48.4 Å². The van der Waals surface area contributed by atoms with E-state index in [9.17, 15) is 31.2 Å². The van der Waals surface area contributed by atoms with Gasteiger partial charge in [0.05, 0.1) is 17.2 Å². The molecular formula is C30H30F3N3O5S2. The number of nitrogens with one attached hydrogen (secondary N) is 1. The molecule has 13 heteroatoms. The lowest BCUT2D eigenvalue weighted by molar-refractivity contribution is -0.0559. The summed E-state index contributed by atoms with van der Waals surface area (Å²) >= 11 is 0.920. The van der Waals surface area contributed by atoms with E-state index in [0.717, 1.165) is 16.2 Å². The van der Waals surface area contributed by atoms with E-state index >= 15 is 0 Å². The molecule has 0 radical (unpaired) electrons. The van der Waals surface area contributed by atoms with E-state index in [-0.39, 0.29) is 51.7 Å². The third-order valence-electron chi connectivity index (χ3n) is 7.31. The number of rotatable bonds is 7. The van der Waals surface area contributed by atoms with Gasteiger partial charge < -0.3 is 14.2 Å². The smallest absolute Gasteiger partial charge is 0.268 e. The van der Waals surface area contributed by atoms with Gasteiger partial charge in [0.2, 0.25) is 10.0 Å². The number of sulfonamides is 1. The quantitative estimate of drug-likeness (QED) is 0.252. The number of anilines is 1. The maximum absolute atomic E-state index is 14.1. The van der Waals surface area contributed by atoms with Crippen LogP contribution in [0.5, 0.6) is 11.5 Å². The number of halogens is 3. The van der Waals surface area contributed by atoms with Crippen molar-refractivity contribution in [2.45, 2.75) is 39.5 Å². The highest BCUT2D eigenvalue weighted by molar-refractivity contribution is 7.92. The van der Waals surface area contributed by atoms with Gasteiger partial charge in [0.25, 0.3) is 17.4 Å². The van der Waals surface area contributed by atoms with Crippen LogP contribution in [0.3, 0.4) is 0 Å². The second kappa shape index (κ2) is 11.3. The molecular weight excluding hydrogens is 603 g/mol. The minimum absolute atomic E-state index is 0.132. The number of carbonyl (C=O) groups excluding carboxylic acids is 1. The lowest BCUT2D eigenvalue weighted by Gasteiger charge is -2.32. The molecule has 1 aliphatic heterocycles. The minimum Gasteiger partial charge on any atom is -0.456 e. The summed E-state index contributed by atoms with van der Waals surface area (Å²) in [4.78, 5) is 27.7. The van der Waals surface area contributed by atoms with E-state index in [1.807, 2.05) is 0 Å². The Hall–Kier alpha value is -3.84. The van der Waals surface area contributed by atoms with Gasteiger partial charge in [-0.2, -0.15) is 0 Å². The zero-order valence-corrected chi connectivity index (χ0v) is 25.6. The standard InChI is InChI=1S/C30H30F3N3O5S2/c1-5-43(39,40)34-20-7-8-24(41-26-17(2)11-19(31)12-18(26)3)21(13-20)23-15-35(4)29(38)27-22(23)14-25(42-27)28(37)36-10-6-9-30(32,33)16-36/h7-8,11-15,34H,5-6,9-10,16H2,1-4H3. The third-order valence-corrected chi connectivity index (χ3v) is 9.73. The van der Waals surface area contributed by atoms with Crippen LogP contribution in [-0.2, 0) is 17.1 Å². The molecule has 5 rings (SSSR count). The Labute approximate surface area is 250 Å². The van der Waals surface area contributed by atoms with Crippen molar-refractivity contribution in [3.63, 3.8) is 0 Å². The molecule has 0 spiro atoms. The van der Waals surface area contributed by atoms with Crippen molar-refractivity contribution in [2.24, 2.45) is 7.05 Å².